The van der Waals surface area contributed by atoms with E-state index < -0.39 is 5.49 Å². The van der Waals surface area contributed by atoms with Crippen LogP contribution in [0.3, 0.4) is 0 Å². The van der Waals surface area contributed by atoms with E-state index in [2.05, 4.69) is 199 Å². The Kier molecular flexibility index (Phi) is 13.3. The Hall–Kier alpha value is -3.27. The van der Waals surface area contributed by atoms with Gasteiger partial charge >= 0.3 is 99.5 Å². The zero-order chi connectivity index (χ0) is 33.9. The monoisotopic (exact) mass is 874 g/mol. The molecule has 0 saturated heterocycles. The minimum atomic E-state index is -0.406. The van der Waals surface area contributed by atoms with E-state index in [-0.39, 0.29) is 35.6 Å². The summed E-state index contributed by atoms with van der Waals surface area (Å²) in [6, 6.07) is 57.3. The van der Waals surface area contributed by atoms with Gasteiger partial charge in [0.05, 0.1) is 0 Å². The number of fused-ring (bicyclic) bond motifs is 6. The van der Waals surface area contributed by atoms with Crippen LogP contribution < -0.4 is 35.2 Å². The van der Waals surface area contributed by atoms with Crippen LogP contribution in [0, 0.1) is 0 Å². The van der Waals surface area contributed by atoms with Crippen molar-refractivity contribution in [3.63, 3.8) is 0 Å². The van der Waals surface area contributed by atoms with Crippen LogP contribution in [0.4, 0.5) is 0 Å². The number of hydrogen-bond acceptors (Lipinski definition) is 0. The molecule has 0 fully saturated rings. The van der Waals surface area contributed by atoms with Crippen LogP contribution in [-0.4, -0.2) is 5.49 Å². The summed E-state index contributed by atoms with van der Waals surface area (Å²) in [4.78, 5) is 0. The minimum absolute atomic E-state index is 0. The van der Waals surface area contributed by atoms with Crippen LogP contribution >= 0.6 is 0 Å². The predicted molar refractivity (Wildman–Crippen MR) is 209 cm³/mol. The van der Waals surface area contributed by atoms with Gasteiger partial charge in [-0.15, -0.1) is 79.5 Å². The topological polar surface area (TPSA) is 0 Å². The molecule has 0 amide bonds. The van der Waals surface area contributed by atoms with Gasteiger partial charge in [0.1, 0.15) is 0 Å². The van der Waals surface area contributed by atoms with Gasteiger partial charge in [-0.25, -0.2) is 0 Å². The molecule has 0 saturated carbocycles. The van der Waals surface area contributed by atoms with E-state index in [1.54, 1.807) is 0 Å². The van der Waals surface area contributed by atoms with Crippen molar-refractivity contribution in [3.8, 4) is 0 Å². The Labute approximate surface area is 325 Å². The third-order valence-electron chi connectivity index (χ3n) is 9.08. The van der Waals surface area contributed by atoms with E-state index >= 15 is 0 Å². The Balaban J connectivity index is 0.000000166. The molecule has 8 rings (SSSR count). The second kappa shape index (κ2) is 16.8. The zero-order valence-corrected chi connectivity index (χ0v) is 35.9. The second-order valence-corrected chi connectivity index (χ2v) is 22.0. The van der Waals surface area contributed by atoms with Crippen molar-refractivity contribution in [2.75, 3.05) is 0 Å². The van der Waals surface area contributed by atoms with Gasteiger partial charge in [-0.05, 0) is 10.8 Å². The fraction of sp³-hybridized carbons (Fsp3) is 0.174. The molecule has 0 N–H and O–H groups in total. The van der Waals surface area contributed by atoms with Gasteiger partial charge in [-0.3, -0.25) is 0 Å². The molecule has 8 aromatic rings. The van der Waals surface area contributed by atoms with Gasteiger partial charge < -0.3 is 24.8 Å². The summed E-state index contributed by atoms with van der Waals surface area (Å²) in [6.45, 7) is 13.6. The van der Waals surface area contributed by atoms with Crippen molar-refractivity contribution in [1.82, 2.24) is 0 Å². The maximum atomic E-state index is 2.33. The third-order valence-corrected chi connectivity index (χ3v) is 17.1. The number of rotatable bonds is 2. The Bertz CT molecular complexity index is 2150. The summed E-state index contributed by atoms with van der Waals surface area (Å²) in [7, 11) is 0. The molecule has 0 heterocycles. The maximum absolute atomic E-state index is 2.33. The number of hydrogen-bond donors (Lipinski definition) is 0. The quantitative estimate of drug-likeness (QED) is 0.162. The van der Waals surface area contributed by atoms with Crippen molar-refractivity contribution in [3.05, 3.63) is 169 Å². The molecular formula is C46H44Cl2HfSi-2. The summed E-state index contributed by atoms with van der Waals surface area (Å²) >= 11 is 1.27. The van der Waals surface area contributed by atoms with E-state index in [0.29, 0.717) is 0 Å². The molecule has 0 radical (unpaired) electrons. The van der Waals surface area contributed by atoms with Gasteiger partial charge in [0.15, 0.2) is 0 Å². The summed E-state index contributed by atoms with van der Waals surface area (Å²) in [5.74, 6) is 0. The van der Waals surface area contributed by atoms with E-state index in [1.807, 2.05) is 0 Å². The number of benzene rings is 6. The third kappa shape index (κ3) is 9.14. The first-order valence-electron chi connectivity index (χ1n) is 16.9. The SMILES string of the molecule is CC(C)(C)c1ccc2c(c1)[cH-]c1ccccc12.CC(C)(C)c1ccc2c(c1)[cH-]c1ccccc12.[Cl-].[Cl-].[Hf+2]=[Si](c1ccccc1)c1ccccc1. The standard InChI is InChI=1S/2C17H17.C12H10Si.2ClH.Hf/c2*1-17(2,3)14-8-9-16-13(11-14)10-12-6-4-5-7-15(12)16;1-3-7-11(8-4-1)13-12-9-5-2-6-10-12;;;/h2*4-11H,1-3H3;1-10H;2*1H;/q2*-1;;;;+2/p-2. The van der Waals surface area contributed by atoms with Crippen LogP contribution in [0.1, 0.15) is 52.7 Å². The summed E-state index contributed by atoms with van der Waals surface area (Å²) in [6.07, 6.45) is 0. The molecule has 0 aliphatic carbocycles. The molecule has 0 aromatic heterocycles. The van der Waals surface area contributed by atoms with Crippen LogP contribution in [-0.2, 0) is 33.8 Å². The summed E-state index contributed by atoms with van der Waals surface area (Å²) in [5, 5.41) is 13.9. The molecule has 0 atom stereocenters. The molecule has 50 heavy (non-hydrogen) atoms. The molecule has 0 unspecified atom stereocenters. The number of halogens is 2. The molecule has 0 aliphatic heterocycles. The van der Waals surface area contributed by atoms with Gasteiger partial charge in [0, 0.05) is 0 Å². The first kappa shape index (κ1) is 39.5. The molecule has 0 aliphatic rings. The Morgan fingerprint density at radius 1 is 0.400 bits per heavy atom. The fourth-order valence-corrected chi connectivity index (χ4v) is 11.2. The molecule has 8 aromatic carbocycles. The summed E-state index contributed by atoms with van der Waals surface area (Å²) in [5.41, 5.74) is 2.84. The van der Waals surface area contributed by atoms with Crippen molar-refractivity contribution < 1.29 is 47.8 Å². The fourth-order valence-electron chi connectivity index (χ4n) is 6.24. The second-order valence-electron chi connectivity index (χ2n) is 14.7. The molecular weight excluding hydrogens is 830 g/mol. The van der Waals surface area contributed by atoms with Gasteiger partial charge in [-0.1, -0.05) is 113 Å². The molecule has 0 spiro atoms. The predicted octanol–water partition coefficient (Wildman–Crippen LogP) is 5.37. The van der Waals surface area contributed by atoms with Crippen molar-refractivity contribution >= 4 is 59.0 Å². The van der Waals surface area contributed by atoms with Crippen LogP contribution in [0.2, 0.25) is 0 Å². The molecule has 0 nitrogen and oxygen atoms in total. The summed E-state index contributed by atoms with van der Waals surface area (Å²) < 4.78 is 0. The molecule has 252 valence electrons. The van der Waals surface area contributed by atoms with Gasteiger partial charge in [0.25, 0.3) is 0 Å². The normalized spacial score (nSPS) is 11.2. The van der Waals surface area contributed by atoms with Gasteiger partial charge in [-0.2, -0.15) is 0 Å². The van der Waals surface area contributed by atoms with Crippen molar-refractivity contribution in [2.45, 2.75) is 52.4 Å². The van der Waals surface area contributed by atoms with Crippen molar-refractivity contribution in [2.24, 2.45) is 0 Å². The Morgan fingerprint density at radius 3 is 1.08 bits per heavy atom. The first-order valence-corrected chi connectivity index (χ1v) is 23.7. The van der Waals surface area contributed by atoms with Gasteiger partial charge in [0.2, 0.25) is 0 Å². The molecule has 4 heteroatoms. The van der Waals surface area contributed by atoms with E-state index in [9.17, 15) is 0 Å². The Morgan fingerprint density at radius 2 is 0.720 bits per heavy atom. The first-order chi connectivity index (χ1) is 23.0. The van der Waals surface area contributed by atoms with E-state index in [0.717, 1.165) is 0 Å². The van der Waals surface area contributed by atoms with Crippen molar-refractivity contribution in [1.29, 1.82) is 0 Å². The average molecular weight is 874 g/mol. The van der Waals surface area contributed by atoms with Crippen LogP contribution in [0.25, 0.3) is 43.1 Å². The molecule has 0 bridgehead atoms. The van der Waals surface area contributed by atoms with E-state index in [4.69, 9.17) is 0 Å². The zero-order valence-electron chi connectivity index (χ0n) is 29.8. The van der Waals surface area contributed by atoms with Crippen LogP contribution in [0.15, 0.2) is 158 Å². The van der Waals surface area contributed by atoms with E-state index in [1.165, 1.54) is 87.6 Å². The van der Waals surface area contributed by atoms with Crippen LogP contribution in [0.5, 0.6) is 0 Å². The average Bonchev–Trinajstić information content (AvgIpc) is 3.66.